The van der Waals surface area contributed by atoms with E-state index in [9.17, 15) is 18.0 Å². The molecule has 7 nitrogen and oxygen atoms in total. The highest BCUT2D eigenvalue weighted by atomic mass is 32.2. The molecule has 0 aromatic carbocycles. The summed E-state index contributed by atoms with van der Waals surface area (Å²) >= 11 is 0. The Morgan fingerprint density at radius 2 is 1.78 bits per heavy atom. The molecule has 0 aromatic rings. The minimum atomic E-state index is -3.18. The summed E-state index contributed by atoms with van der Waals surface area (Å²) < 4.78 is 25.7. The molecule has 0 bridgehead atoms. The molecule has 0 aliphatic carbocycles. The Morgan fingerprint density at radius 3 is 2.35 bits per heavy atom. The number of piperazine rings is 1. The first-order valence-corrected chi connectivity index (χ1v) is 9.70. The number of rotatable bonds is 6. The van der Waals surface area contributed by atoms with Gasteiger partial charge < -0.3 is 9.80 Å². The highest BCUT2D eigenvalue weighted by molar-refractivity contribution is 7.89. The maximum atomic E-state index is 12.3. The van der Waals surface area contributed by atoms with E-state index >= 15 is 0 Å². The van der Waals surface area contributed by atoms with Crippen molar-refractivity contribution in [3.63, 3.8) is 0 Å². The van der Waals surface area contributed by atoms with Gasteiger partial charge >= 0.3 is 11.8 Å². The second kappa shape index (κ2) is 7.44. The van der Waals surface area contributed by atoms with Crippen LogP contribution in [-0.4, -0.2) is 78.9 Å². The second-order valence-corrected chi connectivity index (χ2v) is 8.07. The molecule has 2 amide bonds. The number of amides is 2. The Bertz CT molecular complexity index is 567. The van der Waals surface area contributed by atoms with Crippen molar-refractivity contribution in [2.24, 2.45) is 0 Å². The van der Waals surface area contributed by atoms with Gasteiger partial charge in [-0.2, -0.15) is 0 Å². The molecular weight excluding hydrogens is 318 g/mol. The van der Waals surface area contributed by atoms with Crippen LogP contribution in [0.15, 0.2) is 12.7 Å². The lowest BCUT2D eigenvalue weighted by Crippen LogP contribution is -2.59. The summed E-state index contributed by atoms with van der Waals surface area (Å²) in [5.74, 6) is -0.805. The summed E-state index contributed by atoms with van der Waals surface area (Å²) in [6.07, 6.45) is 3.38. The van der Waals surface area contributed by atoms with Gasteiger partial charge in [0, 0.05) is 38.8 Å². The largest absolute Gasteiger partial charge is 0.330 e. The van der Waals surface area contributed by atoms with E-state index in [2.05, 4.69) is 6.58 Å². The maximum Gasteiger partial charge on any atom is 0.312 e. The van der Waals surface area contributed by atoms with Crippen LogP contribution in [-0.2, 0) is 19.6 Å². The van der Waals surface area contributed by atoms with Gasteiger partial charge in [0.2, 0.25) is 10.0 Å². The lowest BCUT2D eigenvalue weighted by atomic mass is 10.0. The summed E-state index contributed by atoms with van der Waals surface area (Å²) in [6.45, 7) is 7.66. The van der Waals surface area contributed by atoms with Crippen LogP contribution in [0, 0.1) is 0 Å². The predicted octanol–water partition coefficient (Wildman–Crippen LogP) is 0.0474. The van der Waals surface area contributed by atoms with Crippen LogP contribution in [0.3, 0.4) is 0 Å². The summed E-state index contributed by atoms with van der Waals surface area (Å²) in [4.78, 5) is 27.4. The van der Waals surface area contributed by atoms with Crippen molar-refractivity contribution in [2.75, 3.05) is 38.5 Å². The monoisotopic (exact) mass is 343 g/mol. The average molecular weight is 343 g/mol. The fourth-order valence-electron chi connectivity index (χ4n) is 3.19. The van der Waals surface area contributed by atoms with Crippen LogP contribution in [0.2, 0.25) is 0 Å². The molecule has 0 aromatic heterocycles. The summed E-state index contributed by atoms with van der Waals surface area (Å²) in [7, 11) is -3.18. The first-order valence-electron chi connectivity index (χ1n) is 8.09. The van der Waals surface area contributed by atoms with Crippen molar-refractivity contribution in [1.82, 2.24) is 14.1 Å². The maximum absolute atomic E-state index is 12.3. The van der Waals surface area contributed by atoms with Crippen LogP contribution >= 0.6 is 0 Å². The molecule has 0 radical (unpaired) electrons. The molecule has 2 rings (SSSR count). The fourth-order valence-corrected chi connectivity index (χ4v) is 4.73. The van der Waals surface area contributed by atoms with Crippen LogP contribution < -0.4 is 0 Å². The molecule has 0 atom stereocenters. The third kappa shape index (κ3) is 3.92. The van der Waals surface area contributed by atoms with Crippen molar-refractivity contribution in [2.45, 2.75) is 32.2 Å². The smallest absolute Gasteiger partial charge is 0.312 e. The molecule has 2 aliphatic heterocycles. The zero-order valence-electron chi connectivity index (χ0n) is 13.6. The average Bonchev–Trinajstić information content (AvgIpc) is 2.52. The lowest BCUT2D eigenvalue weighted by Gasteiger charge is -2.41. The van der Waals surface area contributed by atoms with Crippen LogP contribution in [0.1, 0.15) is 26.2 Å². The summed E-state index contributed by atoms with van der Waals surface area (Å²) in [6, 6.07) is -0.0505. The minimum absolute atomic E-state index is 0.0505. The van der Waals surface area contributed by atoms with E-state index in [0.29, 0.717) is 52.0 Å². The Balaban J connectivity index is 1.94. The number of carbonyl (C=O) groups is 2. The zero-order chi connectivity index (χ0) is 17.0. The van der Waals surface area contributed by atoms with Crippen molar-refractivity contribution in [3.05, 3.63) is 12.7 Å². The van der Waals surface area contributed by atoms with Gasteiger partial charge in [0.25, 0.3) is 0 Å². The molecule has 0 N–H and O–H groups in total. The fraction of sp³-hybridized carbons (Fsp3) is 0.733. The molecular formula is C15H25N3O4S. The Kier molecular flexibility index (Phi) is 5.80. The quantitative estimate of drug-likeness (QED) is 0.504. The second-order valence-electron chi connectivity index (χ2n) is 5.98. The van der Waals surface area contributed by atoms with Crippen LogP contribution in [0.5, 0.6) is 0 Å². The van der Waals surface area contributed by atoms with Crippen LogP contribution in [0.25, 0.3) is 0 Å². The first-order chi connectivity index (χ1) is 10.9. The Morgan fingerprint density at radius 1 is 1.13 bits per heavy atom. The van der Waals surface area contributed by atoms with E-state index in [1.165, 1.54) is 9.21 Å². The number of piperidine rings is 1. The predicted molar refractivity (Wildman–Crippen MR) is 87.2 cm³/mol. The number of hydrogen-bond acceptors (Lipinski definition) is 4. The van der Waals surface area contributed by atoms with Gasteiger partial charge in [-0.15, -0.1) is 6.58 Å². The van der Waals surface area contributed by atoms with Gasteiger partial charge in [0.1, 0.15) is 0 Å². The standard InChI is InChI=1S/C15H25N3O4S/c1-3-7-16-10-11-18(15(20)14(16)19)13-5-8-17(9-6-13)23(21,22)12-4-2/h3,13H,1,4-12H2,2H3. The van der Waals surface area contributed by atoms with Crippen LogP contribution in [0.4, 0.5) is 0 Å². The molecule has 23 heavy (non-hydrogen) atoms. The van der Waals surface area contributed by atoms with Crippen molar-refractivity contribution < 1.29 is 18.0 Å². The summed E-state index contributed by atoms with van der Waals surface area (Å²) in [5, 5.41) is 0. The molecule has 0 saturated carbocycles. The number of carbonyl (C=O) groups excluding carboxylic acids is 2. The molecule has 0 spiro atoms. The van der Waals surface area contributed by atoms with E-state index < -0.39 is 21.8 Å². The molecule has 2 aliphatic rings. The highest BCUT2D eigenvalue weighted by Crippen LogP contribution is 2.21. The molecule has 8 heteroatoms. The van der Waals surface area contributed by atoms with Gasteiger partial charge in [-0.1, -0.05) is 13.0 Å². The number of hydrogen-bond donors (Lipinski definition) is 0. The SMILES string of the molecule is C=CCN1CCN(C2CCN(S(=O)(=O)CCC)CC2)C(=O)C1=O. The van der Waals surface area contributed by atoms with E-state index in [1.54, 1.807) is 11.0 Å². The van der Waals surface area contributed by atoms with Crippen molar-refractivity contribution in [1.29, 1.82) is 0 Å². The number of sulfonamides is 1. The first kappa shape index (κ1) is 17.9. The third-order valence-electron chi connectivity index (χ3n) is 4.41. The van der Waals surface area contributed by atoms with E-state index in [0.717, 1.165) is 0 Å². The zero-order valence-corrected chi connectivity index (χ0v) is 14.4. The normalized spacial score (nSPS) is 21.8. The topological polar surface area (TPSA) is 78.0 Å². The van der Waals surface area contributed by atoms with Gasteiger partial charge in [0.05, 0.1) is 5.75 Å². The van der Waals surface area contributed by atoms with E-state index in [-0.39, 0.29) is 11.8 Å². The molecule has 130 valence electrons. The molecule has 0 unspecified atom stereocenters. The third-order valence-corrected chi connectivity index (χ3v) is 6.49. The van der Waals surface area contributed by atoms with Gasteiger partial charge in [0.15, 0.2) is 0 Å². The van der Waals surface area contributed by atoms with E-state index in [4.69, 9.17) is 0 Å². The molecule has 2 fully saturated rings. The van der Waals surface area contributed by atoms with Crippen molar-refractivity contribution >= 4 is 21.8 Å². The van der Waals surface area contributed by atoms with E-state index in [1.807, 2.05) is 6.92 Å². The highest BCUT2D eigenvalue weighted by Gasteiger charge is 2.38. The molecule has 2 saturated heterocycles. The number of nitrogens with zero attached hydrogens (tertiary/aromatic N) is 3. The molecule has 2 heterocycles. The minimum Gasteiger partial charge on any atom is -0.330 e. The Labute approximate surface area is 138 Å². The summed E-state index contributed by atoms with van der Waals surface area (Å²) in [5.41, 5.74) is 0. The Hall–Kier alpha value is -1.41. The van der Waals surface area contributed by atoms with Gasteiger partial charge in [-0.3, -0.25) is 9.59 Å². The lowest BCUT2D eigenvalue weighted by molar-refractivity contribution is -0.157. The van der Waals surface area contributed by atoms with Crippen molar-refractivity contribution in [3.8, 4) is 0 Å². The van der Waals surface area contributed by atoms with Gasteiger partial charge in [-0.05, 0) is 19.3 Å². The van der Waals surface area contributed by atoms with Gasteiger partial charge in [-0.25, -0.2) is 12.7 Å².